The van der Waals surface area contributed by atoms with Gasteiger partial charge in [-0.2, -0.15) is 0 Å². The number of nitrogens with zero attached hydrogens (tertiary/aromatic N) is 1. The summed E-state index contributed by atoms with van der Waals surface area (Å²) in [5.74, 6) is 0.792. The molecule has 0 atom stereocenters. The minimum absolute atomic E-state index is 0.0983. The van der Waals surface area contributed by atoms with Gasteiger partial charge in [0, 0.05) is 5.92 Å². The highest BCUT2D eigenvalue weighted by Gasteiger charge is 2.54. The summed E-state index contributed by atoms with van der Waals surface area (Å²) in [7, 11) is 0. The Morgan fingerprint density at radius 3 is 2.26 bits per heavy atom. The fourth-order valence-corrected chi connectivity index (χ4v) is 3.64. The molecule has 0 spiro atoms. The molecule has 1 aliphatic heterocycles. The molecule has 3 heteroatoms. The van der Waals surface area contributed by atoms with Crippen molar-refractivity contribution in [2.75, 3.05) is 13.1 Å². The molecule has 1 aromatic rings. The summed E-state index contributed by atoms with van der Waals surface area (Å²) < 4.78 is 0. The largest absolute Gasteiger partial charge is 0.386 e. The molecule has 0 aromatic heterocycles. The Hall–Kier alpha value is -1.35. The highest BCUT2D eigenvalue weighted by atomic mass is 16.3. The number of benzene rings is 1. The summed E-state index contributed by atoms with van der Waals surface area (Å²) in [5.41, 5.74) is 2.08. The van der Waals surface area contributed by atoms with Crippen LogP contribution < -0.4 is 0 Å². The van der Waals surface area contributed by atoms with E-state index in [1.54, 1.807) is 0 Å². The van der Waals surface area contributed by atoms with Gasteiger partial charge in [-0.15, -0.1) is 0 Å². The number of hydrogen-bond donors (Lipinski definition) is 1. The van der Waals surface area contributed by atoms with Gasteiger partial charge in [-0.05, 0) is 42.7 Å². The van der Waals surface area contributed by atoms with Crippen LogP contribution in [0.15, 0.2) is 24.3 Å². The normalized spacial score (nSPS) is 25.0. The molecule has 3 nitrogen and oxygen atoms in total. The van der Waals surface area contributed by atoms with Gasteiger partial charge in [-0.25, -0.2) is 0 Å². The number of aliphatic hydroxyl groups is 1. The molecule has 1 heterocycles. The lowest BCUT2D eigenvalue weighted by Crippen LogP contribution is -2.65. The molecule has 4 rings (SSSR count). The smallest absolute Gasteiger partial charge is 0.226 e. The minimum Gasteiger partial charge on any atom is -0.386 e. The number of likely N-dealkylation sites (tertiary alicyclic amines) is 1. The van der Waals surface area contributed by atoms with Gasteiger partial charge in [0.1, 0.15) is 5.60 Å². The van der Waals surface area contributed by atoms with Gasteiger partial charge in [0.05, 0.1) is 13.1 Å². The highest BCUT2D eigenvalue weighted by molar-refractivity contribution is 5.81. The van der Waals surface area contributed by atoms with Crippen molar-refractivity contribution in [3.05, 3.63) is 35.4 Å². The Kier molecular flexibility index (Phi) is 2.31. The Labute approximate surface area is 113 Å². The number of β-amino-alcohol motifs (C(OH)–C–C–N with tert-alkyl or cyclic N) is 1. The lowest BCUT2D eigenvalue weighted by Gasteiger charge is -2.47. The Bertz CT molecular complexity index is 504. The fourth-order valence-electron chi connectivity index (χ4n) is 3.64. The van der Waals surface area contributed by atoms with Crippen molar-refractivity contribution in [2.24, 2.45) is 11.8 Å². The van der Waals surface area contributed by atoms with E-state index >= 15 is 0 Å². The van der Waals surface area contributed by atoms with Crippen molar-refractivity contribution in [3.63, 3.8) is 0 Å². The molecule has 2 aliphatic carbocycles. The molecule has 1 saturated heterocycles. The van der Waals surface area contributed by atoms with Crippen LogP contribution in [0, 0.1) is 11.8 Å². The van der Waals surface area contributed by atoms with E-state index in [0.717, 1.165) is 25.7 Å². The fraction of sp³-hybridized carbons (Fsp3) is 0.562. The summed E-state index contributed by atoms with van der Waals surface area (Å²) in [6.45, 7) is 1.12. The maximum Gasteiger partial charge on any atom is 0.226 e. The average molecular weight is 257 g/mol. The quantitative estimate of drug-likeness (QED) is 0.869. The van der Waals surface area contributed by atoms with Crippen molar-refractivity contribution in [2.45, 2.75) is 31.3 Å². The van der Waals surface area contributed by atoms with Crippen LogP contribution >= 0.6 is 0 Å². The minimum atomic E-state index is -0.554. The number of hydrogen-bond acceptors (Lipinski definition) is 2. The third-order valence-corrected chi connectivity index (χ3v) is 4.98. The van der Waals surface area contributed by atoms with Gasteiger partial charge in [0.25, 0.3) is 0 Å². The van der Waals surface area contributed by atoms with E-state index in [1.165, 1.54) is 11.1 Å². The van der Waals surface area contributed by atoms with E-state index in [-0.39, 0.29) is 11.8 Å². The molecule has 100 valence electrons. The van der Waals surface area contributed by atoms with Gasteiger partial charge >= 0.3 is 0 Å². The second-order valence-corrected chi connectivity index (χ2v) is 6.45. The summed E-state index contributed by atoms with van der Waals surface area (Å²) in [6.07, 6.45) is 4.00. The summed E-state index contributed by atoms with van der Waals surface area (Å²) >= 11 is 0. The van der Waals surface area contributed by atoms with Crippen LogP contribution in [0.4, 0.5) is 0 Å². The topological polar surface area (TPSA) is 40.5 Å². The first-order valence-electron chi connectivity index (χ1n) is 7.24. The van der Waals surface area contributed by atoms with Crippen LogP contribution in [-0.4, -0.2) is 34.6 Å². The standard InChI is InChI=1S/C16H19NO2/c18-15(17-9-16(19,10-17)14-5-6-14)13-7-11-3-1-2-4-12(11)8-13/h1-4,13-14,19H,5-10H2. The first-order valence-corrected chi connectivity index (χ1v) is 7.24. The third kappa shape index (κ3) is 1.79. The van der Waals surface area contributed by atoms with Gasteiger partial charge in [-0.1, -0.05) is 24.3 Å². The molecule has 0 bridgehead atoms. The SMILES string of the molecule is O=C(C1Cc2ccccc2C1)N1CC(O)(C2CC2)C1. The van der Waals surface area contributed by atoms with Crippen LogP contribution in [0.25, 0.3) is 0 Å². The lowest BCUT2D eigenvalue weighted by molar-refractivity contribution is -0.163. The molecule has 1 amide bonds. The van der Waals surface area contributed by atoms with Crippen LogP contribution in [0.5, 0.6) is 0 Å². The maximum absolute atomic E-state index is 12.4. The van der Waals surface area contributed by atoms with E-state index in [2.05, 4.69) is 12.1 Å². The predicted octanol–water partition coefficient (Wildman–Crippen LogP) is 1.38. The monoisotopic (exact) mass is 257 g/mol. The predicted molar refractivity (Wildman–Crippen MR) is 71.6 cm³/mol. The molecule has 0 unspecified atom stereocenters. The number of carbonyl (C=O) groups is 1. The summed E-state index contributed by atoms with van der Waals surface area (Å²) in [6, 6.07) is 8.33. The molecule has 1 N–H and O–H groups in total. The average Bonchev–Trinajstić information content (AvgIpc) is 3.13. The van der Waals surface area contributed by atoms with Crippen molar-refractivity contribution in [1.82, 2.24) is 4.90 Å². The van der Waals surface area contributed by atoms with E-state index in [0.29, 0.717) is 19.0 Å². The summed E-state index contributed by atoms with van der Waals surface area (Å²) in [5, 5.41) is 10.3. The Morgan fingerprint density at radius 2 is 1.74 bits per heavy atom. The molecule has 19 heavy (non-hydrogen) atoms. The maximum atomic E-state index is 12.4. The second-order valence-electron chi connectivity index (χ2n) is 6.45. The molecule has 0 radical (unpaired) electrons. The van der Waals surface area contributed by atoms with Crippen LogP contribution in [0.2, 0.25) is 0 Å². The Balaban J connectivity index is 1.41. The van der Waals surface area contributed by atoms with E-state index in [1.807, 2.05) is 17.0 Å². The van der Waals surface area contributed by atoms with Gasteiger partial charge in [0.15, 0.2) is 0 Å². The van der Waals surface area contributed by atoms with E-state index < -0.39 is 5.60 Å². The molecule has 1 aromatic carbocycles. The number of rotatable bonds is 2. The zero-order valence-electron chi connectivity index (χ0n) is 11.0. The highest BCUT2D eigenvalue weighted by Crippen LogP contribution is 2.45. The van der Waals surface area contributed by atoms with E-state index in [9.17, 15) is 9.90 Å². The van der Waals surface area contributed by atoms with Crippen molar-refractivity contribution < 1.29 is 9.90 Å². The van der Waals surface area contributed by atoms with Gasteiger partial charge in [0.2, 0.25) is 5.91 Å². The summed E-state index contributed by atoms with van der Waals surface area (Å²) in [4.78, 5) is 14.3. The number of carbonyl (C=O) groups excluding carboxylic acids is 1. The van der Waals surface area contributed by atoms with E-state index in [4.69, 9.17) is 0 Å². The molecule has 1 saturated carbocycles. The molecular formula is C16H19NO2. The van der Waals surface area contributed by atoms with Gasteiger partial charge < -0.3 is 10.0 Å². The third-order valence-electron chi connectivity index (χ3n) is 4.98. The van der Waals surface area contributed by atoms with Crippen molar-refractivity contribution in [1.29, 1.82) is 0 Å². The lowest BCUT2D eigenvalue weighted by atomic mass is 9.87. The zero-order valence-corrected chi connectivity index (χ0v) is 11.0. The number of fused-ring (bicyclic) bond motifs is 1. The van der Waals surface area contributed by atoms with Crippen molar-refractivity contribution in [3.8, 4) is 0 Å². The van der Waals surface area contributed by atoms with Gasteiger partial charge in [-0.3, -0.25) is 4.79 Å². The van der Waals surface area contributed by atoms with Crippen LogP contribution in [0.1, 0.15) is 24.0 Å². The molecule has 3 aliphatic rings. The molecule has 2 fully saturated rings. The van der Waals surface area contributed by atoms with Crippen LogP contribution in [0.3, 0.4) is 0 Å². The first-order chi connectivity index (χ1) is 9.16. The van der Waals surface area contributed by atoms with Crippen LogP contribution in [-0.2, 0) is 17.6 Å². The second kappa shape index (κ2) is 3.83. The zero-order chi connectivity index (χ0) is 13.0. The Morgan fingerprint density at radius 1 is 1.16 bits per heavy atom. The first kappa shape index (κ1) is 11.5. The molecular weight excluding hydrogens is 238 g/mol. The van der Waals surface area contributed by atoms with Crippen molar-refractivity contribution >= 4 is 5.91 Å². The number of amides is 1.